The SMILES string of the molecule is CC1(C)CC(C)(C)c2cc(-c3ccccc3N(c3ccc(-c4ccc5c(c4)oc4ccccc45)cc3)c3cccc4c3sc3ccccc34)ccc21. The first-order valence-electron chi connectivity index (χ1n) is 18.2. The second-order valence-corrected chi connectivity index (χ2v) is 16.7. The molecular weight excluding hydrogens is 651 g/mol. The van der Waals surface area contributed by atoms with Gasteiger partial charge in [0.25, 0.3) is 0 Å². The standard InChI is InChI=1S/C49H39NOS/c1-48(2)30-49(3,4)41-28-33(23-27-40(41)48)35-12-5-8-16-42(35)50(43-17-11-15-39-38-14-7-10-19-46(38)52-47(39)43)34-24-20-31(21-25-34)32-22-26-37-36-13-6-9-18-44(36)51-45(37)29-32/h5-29H,30H2,1-4H3. The highest BCUT2D eigenvalue weighted by molar-refractivity contribution is 7.26. The molecule has 2 aromatic heterocycles. The van der Waals surface area contributed by atoms with Gasteiger partial charge in [-0.2, -0.15) is 0 Å². The monoisotopic (exact) mass is 689 g/mol. The Balaban J connectivity index is 1.15. The fraction of sp³-hybridized carbons (Fsp3) is 0.143. The Bertz CT molecular complexity index is 2830. The number of thiophene rings is 1. The lowest BCUT2D eigenvalue weighted by Crippen LogP contribution is -2.17. The molecule has 10 rings (SSSR count). The molecule has 0 radical (unpaired) electrons. The van der Waals surface area contributed by atoms with Gasteiger partial charge < -0.3 is 9.32 Å². The number of hydrogen-bond donors (Lipinski definition) is 0. The summed E-state index contributed by atoms with van der Waals surface area (Å²) in [6.45, 7) is 9.58. The lowest BCUT2D eigenvalue weighted by molar-refractivity contribution is 0.403. The van der Waals surface area contributed by atoms with Gasteiger partial charge in [0.2, 0.25) is 0 Å². The number of rotatable bonds is 5. The Morgan fingerprint density at radius 3 is 2.02 bits per heavy atom. The zero-order valence-corrected chi connectivity index (χ0v) is 30.7. The van der Waals surface area contributed by atoms with Gasteiger partial charge in [0.05, 0.1) is 16.1 Å². The van der Waals surface area contributed by atoms with E-state index >= 15 is 0 Å². The summed E-state index contributed by atoms with van der Waals surface area (Å²) >= 11 is 1.87. The van der Waals surface area contributed by atoms with Crippen LogP contribution in [0.3, 0.4) is 0 Å². The van der Waals surface area contributed by atoms with Gasteiger partial charge in [-0.25, -0.2) is 0 Å². The third kappa shape index (κ3) is 4.83. The molecule has 7 aromatic carbocycles. The van der Waals surface area contributed by atoms with Crippen molar-refractivity contribution < 1.29 is 4.42 Å². The van der Waals surface area contributed by atoms with Crippen LogP contribution in [0, 0.1) is 0 Å². The number of fused-ring (bicyclic) bond motifs is 7. The lowest BCUT2D eigenvalue weighted by Gasteiger charge is -2.29. The van der Waals surface area contributed by atoms with E-state index < -0.39 is 0 Å². The summed E-state index contributed by atoms with van der Waals surface area (Å²) in [5.41, 5.74) is 13.3. The summed E-state index contributed by atoms with van der Waals surface area (Å²) in [6.07, 6.45) is 1.15. The van der Waals surface area contributed by atoms with E-state index in [1.807, 2.05) is 23.5 Å². The largest absolute Gasteiger partial charge is 0.456 e. The highest BCUT2D eigenvalue weighted by Gasteiger charge is 2.41. The quantitative estimate of drug-likeness (QED) is 0.179. The summed E-state index contributed by atoms with van der Waals surface area (Å²) in [4.78, 5) is 2.47. The maximum atomic E-state index is 6.26. The van der Waals surface area contributed by atoms with Crippen molar-refractivity contribution in [3.8, 4) is 22.3 Å². The normalized spacial score (nSPS) is 14.8. The molecule has 3 heteroatoms. The lowest BCUT2D eigenvalue weighted by atomic mass is 9.82. The summed E-state index contributed by atoms with van der Waals surface area (Å²) in [5.74, 6) is 0. The van der Waals surface area contributed by atoms with Crippen molar-refractivity contribution in [1.29, 1.82) is 0 Å². The van der Waals surface area contributed by atoms with Crippen molar-refractivity contribution in [3.05, 3.63) is 163 Å². The molecule has 1 aliphatic carbocycles. The smallest absolute Gasteiger partial charge is 0.136 e. The van der Waals surface area contributed by atoms with Gasteiger partial charge in [-0.3, -0.25) is 0 Å². The predicted molar refractivity (Wildman–Crippen MR) is 223 cm³/mol. The van der Waals surface area contributed by atoms with E-state index in [4.69, 9.17) is 4.42 Å². The molecule has 52 heavy (non-hydrogen) atoms. The molecule has 0 saturated carbocycles. The minimum absolute atomic E-state index is 0.118. The highest BCUT2D eigenvalue weighted by atomic mass is 32.1. The van der Waals surface area contributed by atoms with Gasteiger partial charge in [-0.15, -0.1) is 11.3 Å². The predicted octanol–water partition coefficient (Wildman–Crippen LogP) is 14.7. The van der Waals surface area contributed by atoms with Crippen molar-refractivity contribution in [2.75, 3.05) is 4.90 Å². The molecule has 0 N–H and O–H groups in total. The maximum absolute atomic E-state index is 6.26. The average Bonchev–Trinajstić information content (AvgIpc) is 3.79. The minimum Gasteiger partial charge on any atom is -0.456 e. The van der Waals surface area contributed by atoms with Crippen LogP contribution < -0.4 is 4.90 Å². The minimum atomic E-state index is 0.118. The van der Waals surface area contributed by atoms with Gasteiger partial charge >= 0.3 is 0 Å². The van der Waals surface area contributed by atoms with Crippen LogP contribution in [0.2, 0.25) is 0 Å². The molecular formula is C49H39NOS. The first kappa shape index (κ1) is 31.1. The first-order valence-corrected chi connectivity index (χ1v) is 19.0. The molecule has 2 nitrogen and oxygen atoms in total. The van der Waals surface area contributed by atoms with E-state index in [-0.39, 0.29) is 10.8 Å². The third-order valence-electron chi connectivity index (χ3n) is 11.3. The molecule has 0 spiro atoms. The van der Waals surface area contributed by atoms with Gasteiger partial charge in [0, 0.05) is 37.5 Å². The van der Waals surface area contributed by atoms with Gasteiger partial charge in [0.15, 0.2) is 0 Å². The molecule has 252 valence electrons. The van der Waals surface area contributed by atoms with Crippen molar-refractivity contribution in [3.63, 3.8) is 0 Å². The van der Waals surface area contributed by atoms with Crippen molar-refractivity contribution in [2.45, 2.75) is 44.9 Å². The topological polar surface area (TPSA) is 16.4 Å². The third-order valence-corrected chi connectivity index (χ3v) is 12.5. The van der Waals surface area contributed by atoms with Crippen LogP contribution in [-0.4, -0.2) is 0 Å². The van der Waals surface area contributed by atoms with Gasteiger partial charge in [-0.05, 0) is 93.6 Å². The van der Waals surface area contributed by atoms with Crippen LogP contribution in [0.5, 0.6) is 0 Å². The summed E-state index contributed by atoms with van der Waals surface area (Å²) in [7, 11) is 0. The number of benzene rings is 7. The van der Waals surface area contributed by atoms with Crippen molar-refractivity contribution in [2.24, 2.45) is 0 Å². The summed E-state index contributed by atoms with van der Waals surface area (Å²) in [6, 6.07) is 55.5. The second-order valence-electron chi connectivity index (χ2n) is 15.7. The molecule has 0 bridgehead atoms. The molecule has 1 aliphatic rings. The van der Waals surface area contributed by atoms with Crippen LogP contribution in [-0.2, 0) is 10.8 Å². The second kappa shape index (κ2) is 11.4. The van der Waals surface area contributed by atoms with Crippen LogP contribution in [0.15, 0.2) is 156 Å². The van der Waals surface area contributed by atoms with Gasteiger partial charge in [0.1, 0.15) is 11.2 Å². The zero-order chi connectivity index (χ0) is 35.2. The molecule has 0 amide bonds. The van der Waals surface area contributed by atoms with Crippen LogP contribution >= 0.6 is 11.3 Å². The van der Waals surface area contributed by atoms with Crippen LogP contribution in [0.25, 0.3) is 64.4 Å². The number of anilines is 3. The van der Waals surface area contributed by atoms with E-state index in [0.717, 1.165) is 45.2 Å². The van der Waals surface area contributed by atoms with Gasteiger partial charge in [-0.1, -0.05) is 131 Å². The Kier molecular flexibility index (Phi) is 6.84. The first-order chi connectivity index (χ1) is 25.2. The number of para-hydroxylation sites is 2. The maximum Gasteiger partial charge on any atom is 0.136 e. The molecule has 2 heterocycles. The fourth-order valence-corrected chi connectivity index (χ4v) is 10.3. The average molecular weight is 690 g/mol. The Hall–Kier alpha value is -5.64. The van der Waals surface area contributed by atoms with E-state index in [0.29, 0.717) is 0 Å². The van der Waals surface area contributed by atoms with E-state index in [1.54, 1.807) is 0 Å². The Morgan fingerprint density at radius 1 is 0.500 bits per heavy atom. The number of hydrogen-bond acceptors (Lipinski definition) is 3. The van der Waals surface area contributed by atoms with E-state index in [2.05, 4.69) is 172 Å². The number of nitrogens with zero attached hydrogens (tertiary/aromatic N) is 1. The van der Waals surface area contributed by atoms with E-state index in [9.17, 15) is 0 Å². The fourth-order valence-electron chi connectivity index (χ4n) is 9.09. The molecule has 0 atom stereocenters. The highest BCUT2D eigenvalue weighted by Crippen LogP contribution is 2.52. The molecule has 0 unspecified atom stereocenters. The van der Waals surface area contributed by atoms with Crippen molar-refractivity contribution >= 4 is 70.5 Å². The Morgan fingerprint density at radius 2 is 1.15 bits per heavy atom. The van der Waals surface area contributed by atoms with E-state index in [1.165, 1.54) is 53.8 Å². The molecule has 9 aromatic rings. The molecule has 0 aliphatic heterocycles. The molecule has 0 saturated heterocycles. The summed E-state index contributed by atoms with van der Waals surface area (Å²) in [5, 5.41) is 4.89. The molecule has 0 fully saturated rings. The van der Waals surface area contributed by atoms with Crippen LogP contribution in [0.1, 0.15) is 45.2 Å². The van der Waals surface area contributed by atoms with Crippen molar-refractivity contribution in [1.82, 2.24) is 0 Å². The number of furan rings is 1. The summed E-state index contributed by atoms with van der Waals surface area (Å²) < 4.78 is 8.85. The van der Waals surface area contributed by atoms with Crippen LogP contribution in [0.4, 0.5) is 17.1 Å². The zero-order valence-electron chi connectivity index (χ0n) is 29.9. The Labute approximate surface area is 308 Å².